The van der Waals surface area contributed by atoms with Gasteiger partial charge < -0.3 is 10.5 Å². The first-order valence-electron chi connectivity index (χ1n) is 5.44. The minimum Gasteiger partial charge on any atom is -0.494 e. The largest absolute Gasteiger partial charge is 0.494 e. The molecule has 1 aromatic rings. The average Bonchev–Trinajstić information content (AvgIpc) is 2.32. The van der Waals surface area contributed by atoms with Crippen LogP contribution in [0.1, 0.15) is 25.3 Å². The SMILES string of the molecule is CCOc1ccc(C(C)C(=CCl)CN)cc1. The van der Waals surface area contributed by atoms with Gasteiger partial charge >= 0.3 is 0 Å². The van der Waals surface area contributed by atoms with Gasteiger partial charge in [-0.05, 0) is 30.2 Å². The van der Waals surface area contributed by atoms with Crippen LogP contribution in [0.25, 0.3) is 0 Å². The molecule has 16 heavy (non-hydrogen) atoms. The lowest BCUT2D eigenvalue weighted by atomic mass is 9.94. The maximum atomic E-state index is 5.73. The quantitative estimate of drug-likeness (QED) is 0.856. The molecule has 88 valence electrons. The third kappa shape index (κ3) is 3.26. The first kappa shape index (κ1) is 13.1. The van der Waals surface area contributed by atoms with Gasteiger partial charge in [-0.2, -0.15) is 0 Å². The van der Waals surface area contributed by atoms with Gasteiger partial charge in [-0.1, -0.05) is 30.7 Å². The maximum absolute atomic E-state index is 5.73. The van der Waals surface area contributed by atoms with E-state index in [4.69, 9.17) is 22.1 Å². The first-order chi connectivity index (χ1) is 7.72. The Morgan fingerprint density at radius 1 is 1.44 bits per heavy atom. The third-order valence-electron chi connectivity index (χ3n) is 2.62. The minimum absolute atomic E-state index is 0.248. The Bertz CT molecular complexity index is 345. The van der Waals surface area contributed by atoms with E-state index >= 15 is 0 Å². The second-order valence-corrected chi connectivity index (χ2v) is 3.83. The summed E-state index contributed by atoms with van der Waals surface area (Å²) in [5.74, 6) is 1.14. The van der Waals surface area contributed by atoms with E-state index in [1.54, 1.807) is 5.54 Å². The van der Waals surface area contributed by atoms with Crippen molar-refractivity contribution in [3.05, 3.63) is 40.9 Å². The Morgan fingerprint density at radius 2 is 2.06 bits per heavy atom. The summed E-state index contributed by atoms with van der Waals surface area (Å²) < 4.78 is 5.39. The molecule has 0 amide bonds. The second kappa shape index (κ2) is 6.56. The molecule has 0 aromatic heterocycles. The number of halogens is 1. The molecule has 3 heteroatoms. The van der Waals surface area contributed by atoms with Crippen LogP contribution in [-0.4, -0.2) is 13.2 Å². The summed E-state index contributed by atoms with van der Waals surface area (Å²) in [5.41, 5.74) is 9.42. The fourth-order valence-electron chi connectivity index (χ4n) is 1.55. The van der Waals surface area contributed by atoms with Gasteiger partial charge in [-0.25, -0.2) is 0 Å². The Labute approximate surface area is 102 Å². The molecule has 0 aliphatic rings. The van der Waals surface area contributed by atoms with E-state index in [0.717, 1.165) is 11.3 Å². The van der Waals surface area contributed by atoms with Crippen molar-refractivity contribution in [2.24, 2.45) is 5.73 Å². The van der Waals surface area contributed by atoms with Gasteiger partial charge in [0.25, 0.3) is 0 Å². The number of nitrogens with two attached hydrogens (primary N) is 1. The van der Waals surface area contributed by atoms with Crippen LogP contribution in [0.15, 0.2) is 35.4 Å². The van der Waals surface area contributed by atoms with E-state index in [-0.39, 0.29) is 5.92 Å². The Hall–Kier alpha value is -0.990. The molecule has 2 N–H and O–H groups in total. The second-order valence-electron chi connectivity index (χ2n) is 3.61. The highest BCUT2D eigenvalue weighted by Crippen LogP contribution is 2.25. The molecule has 1 aromatic carbocycles. The molecule has 2 nitrogen and oxygen atoms in total. The van der Waals surface area contributed by atoms with Crippen molar-refractivity contribution < 1.29 is 4.74 Å². The summed E-state index contributed by atoms with van der Waals surface area (Å²) in [5, 5.41) is 0. The van der Waals surface area contributed by atoms with Crippen LogP contribution in [-0.2, 0) is 0 Å². The van der Waals surface area contributed by atoms with Crippen LogP contribution < -0.4 is 10.5 Å². The number of hydrogen-bond acceptors (Lipinski definition) is 2. The smallest absolute Gasteiger partial charge is 0.119 e. The van der Waals surface area contributed by atoms with E-state index in [9.17, 15) is 0 Å². The van der Waals surface area contributed by atoms with Crippen LogP contribution in [0.2, 0.25) is 0 Å². The van der Waals surface area contributed by atoms with Gasteiger partial charge in [0.2, 0.25) is 0 Å². The molecule has 0 saturated carbocycles. The van der Waals surface area contributed by atoms with Crippen molar-refractivity contribution in [3.8, 4) is 5.75 Å². The number of rotatable bonds is 5. The van der Waals surface area contributed by atoms with Crippen molar-refractivity contribution in [1.29, 1.82) is 0 Å². The predicted molar refractivity (Wildman–Crippen MR) is 69.0 cm³/mol. The predicted octanol–water partition coefficient (Wildman–Crippen LogP) is 3.27. The summed E-state index contributed by atoms with van der Waals surface area (Å²) in [6.07, 6.45) is 0. The number of ether oxygens (including phenoxy) is 1. The topological polar surface area (TPSA) is 35.2 Å². The molecule has 1 rings (SSSR count). The van der Waals surface area contributed by atoms with Crippen molar-refractivity contribution in [2.45, 2.75) is 19.8 Å². The highest BCUT2D eigenvalue weighted by Gasteiger charge is 2.09. The van der Waals surface area contributed by atoms with E-state index < -0.39 is 0 Å². The lowest BCUT2D eigenvalue weighted by Crippen LogP contribution is -2.09. The molecule has 0 aliphatic heterocycles. The van der Waals surface area contributed by atoms with E-state index in [1.807, 2.05) is 31.2 Å². The summed E-state index contributed by atoms with van der Waals surface area (Å²) in [6.45, 7) is 5.23. The van der Waals surface area contributed by atoms with Crippen LogP contribution >= 0.6 is 11.6 Å². The van der Waals surface area contributed by atoms with Crippen LogP contribution in [0.4, 0.5) is 0 Å². The lowest BCUT2D eigenvalue weighted by molar-refractivity contribution is 0.340. The van der Waals surface area contributed by atoms with Gasteiger partial charge in [-0.15, -0.1) is 0 Å². The molecule has 1 atom stereocenters. The maximum Gasteiger partial charge on any atom is 0.119 e. The van der Waals surface area contributed by atoms with E-state index in [1.165, 1.54) is 5.56 Å². The summed E-state index contributed by atoms with van der Waals surface area (Å²) >= 11 is 5.73. The van der Waals surface area contributed by atoms with E-state index in [2.05, 4.69) is 6.92 Å². The molecule has 0 fully saturated rings. The molecular weight excluding hydrogens is 222 g/mol. The fourth-order valence-corrected chi connectivity index (χ4v) is 1.83. The zero-order chi connectivity index (χ0) is 12.0. The molecule has 0 bridgehead atoms. The van der Waals surface area contributed by atoms with E-state index in [0.29, 0.717) is 13.2 Å². The van der Waals surface area contributed by atoms with Crippen LogP contribution in [0, 0.1) is 0 Å². The van der Waals surface area contributed by atoms with Crippen molar-refractivity contribution in [2.75, 3.05) is 13.2 Å². The van der Waals surface area contributed by atoms with Gasteiger partial charge in [0.1, 0.15) is 5.75 Å². The normalized spacial score (nSPS) is 13.6. The van der Waals surface area contributed by atoms with Gasteiger partial charge in [0.05, 0.1) is 6.61 Å². The number of hydrogen-bond donors (Lipinski definition) is 1. The number of benzene rings is 1. The molecule has 0 heterocycles. The molecule has 1 unspecified atom stereocenters. The lowest BCUT2D eigenvalue weighted by Gasteiger charge is -2.14. The minimum atomic E-state index is 0.248. The average molecular weight is 240 g/mol. The van der Waals surface area contributed by atoms with Crippen molar-refractivity contribution in [1.82, 2.24) is 0 Å². The van der Waals surface area contributed by atoms with Gasteiger partial charge in [-0.3, -0.25) is 0 Å². The zero-order valence-corrected chi connectivity index (χ0v) is 10.5. The Kier molecular flexibility index (Phi) is 5.36. The molecule has 0 spiro atoms. The first-order valence-corrected chi connectivity index (χ1v) is 5.88. The van der Waals surface area contributed by atoms with Crippen molar-refractivity contribution >= 4 is 11.6 Å². The zero-order valence-electron chi connectivity index (χ0n) is 9.74. The third-order valence-corrected chi connectivity index (χ3v) is 2.90. The fraction of sp³-hybridized carbons (Fsp3) is 0.385. The highest BCUT2D eigenvalue weighted by atomic mass is 35.5. The summed E-state index contributed by atoms with van der Waals surface area (Å²) in [7, 11) is 0. The summed E-state index contributed by atoms with van der Waals surface area (Å²) in [6, 6.07) is 8.03. The van der Waals surface area contributed by atoms with Crippen molar-refractivity contribution in [3.63, 3.8) is 0 Å². The Morgan fingerprint density at radius 3 is 2.50 bits per heavy atom. The molecule has 0 radical (unpaired) electrons. The Balaban J connectivity index is 2.81. The van der Waals surface area contributed by atoms with Gasteiger partial charge in [0, 0.05) is 18.0 Å². The molecular formula is C13H18ClNO. The molecule has 0 saturated heterocycles. The monoisotopic (exact) mass is 239 g/mol. The summed E-state index contributed by atoms with van der Waals surface area (Å²) in [4.78, 5) is 0. The van der Waals surface area contributed by atoms with Crippen LogP contribution in [0.3, 0.4) is 0 Å². The van der Waals surface area contributed by atoms with Gasteiger partial charge in [0.15, 0.2) is 0 Å². The standard InChI is InChI=1S/C13H18ClNO/c1-3-16-13-6-4-11(5-7-13)10(2)12(8-14)9-15/h4-8,10H,3,9,15H2,1-2H3. The highest BCUT2D eigenvalue weighted by molar-refractivity contribution is 6.25. The molecule has 0 aliphatic carbocycles. The van der Waals surface area contributed by atoms with Crippen LogP contribution in [0.5, 0.6) is 5.75 Å².